The molecule has 8 heteroatoms. The van der Waals surface area contributed by atoms with Crippen molar-refractivity contribution in [1.82, 2.24) is 0 Å². The third-order valence-corrected chi connectivity index (χ3v) is 2.99. The summed E-state index contributed by atoms with van der Waals surface area (Å²) in [6.45, 7) is 0. The molecule has 0 radical (unpaired) electrons. The quantitative estimate of drug-likeness (QED) is 0.588. The third-order valence-electron chi connectivity index (χ3n) is 2.99. The number of carboxylic acid groups (broad SMARTS) is 1. The first-order valence-electron chi connectivity index (χ1n) is 5.88. The lowest BCUT2D eigenvalue weighted by molar-refractivity contribution is -0.386. The van der Waals surface area contributed by atoms with Gasteiger partial charge in [-0.05, 0) is 25.0 Å². The van der Waals surface area contributed by atoms with Crippen molar-refractivity contribution in [3.05, 3.63) is 33.9 Å². The summed E-state index contributed by atoms with van der Waals surface area (Å²) in [5.41, 5.74) is 4.53. The SMILES string of the molecule is NC(=O)c1ccc(OC(C(=O)O)C2CC2)c([N+](=O)[O-])c1. The predicted octanol–water partition coefficient (Wildman–Crippen LogP) is 0.936. The van der Waals surface area contributed by atoms with Crippen molar-refractivity contribution in [2.45, 2.75) is 18.9 Å². The number of nitro benzene ring substituents is 1. The van der Waals surface area contributed by atoms with Crippen molar-refractivity contribution in [3.63, 3.8) is 0 Å². The van der Waals surface area contributed by atoms with E-state index in [0.717, 1.165) is 6.07 Å². The number of amides is 1. The van der Waals surface area contributed by atoms with Crippen LogP contribution in [0.15, 0.2) is 18.2 Å². The molecule has 1 fully saturated rings. The largest absolute Gasteiger partial charge is 0.478 e. The van der Waals surface area contributed by atoms with E-state index in [0.29, 0.717) is 12.8 Å². The molecule has 1 aliphatic rings. The number of carbonyl (C=O) groups is 2. The van der Waals surface area contributed by atoms with E-state index >= 15 is 0 Å². The van der Waals surface area contributed by atoms with Crippen LogP contribution in [0.2, 0.25) is 0 Å². The molecule has 1 aromatic carbocycles. The number of nitrogens with zero attached hydrogens (tertiary/aromatic N) is 1. The van der Waals surface area contributed by atoms with E-state index in [2.05, 4.69) is 0 Å². The number of hydrogen-bond donors (Lipinski definition) is 2. The number of benzene rings is 1. The van der Waals surface area contributed by atoms with Crippen molar-refractivity contribution < 1.29 is 24.4 Å². The van der Waals surface area contributed by atoms with Crippen molar-refractivity contribution >= 4 is 17.6 Å². The molecule has 1 unspecified atom stereocenters. The Morgan fingerprint density at radius 3 is 2.55 bits per heavy atom. The van der Waals surface area contributed by atoms with Crippen molar-refractivity contribution in [3.8, 4) is 5.75 Å². The fraction of sp³-hybridized carbons (Fsp3) is 0.333. The average molecular weight is 280 g/mol. The van der Waals surface area contributed by atoms with E-state index in [-0.39, 0.29) is 17.2 Å². The summed E-state index contributed by atoms with van der Waals surface area (Å²) >= 11 is 0. The van der Waals surface area contributed by atoms with Crippen molar-refractivity contribution in [2.24, 2.45) is 11.7 Å². The fourth-order valence-electron chi connectivity index (χ4n) is 1.80. The van der Waals surface area contributed by atoms with Crippen molar-refractivity contribution in [1.29, 1.82) is 0 Å². The van der Waals surface area contributed by atoms with Gasteiger partial charge in [0.2, 0.25) is 5.91 Å². The Morgan fingerprint density at radius 1 is 1.45 bits per heavy atom. The van der Waals surface area contributed by atoms with Gasteiger partial charge < -0.3 is 15.6 Å². The van der Waals surface area contributed by atoms with Crippen LogP contribution < -0.4 is 10.5 Å². The summed E-state index contributed by atoms with van der Waals surface area (Å²) < 4.78 is 5.23. The smallest absolute Gasteiger partial charge is 0.345 e. The minimum atomic E-state index is -1.17. The molecule has 106 valence electrons. The van der Waals surface area contributed by atoms with Crippen LogP contribution in [0.1, 0.15) is 23.2 Å². The summed E-state index contributed by atoms with van der Waals surface area (Å²) in [7, 11) is 0. The summed E-state index contributed by atoms with van der Waals surface area (Å²) in [5, 5.41) is 20.0. The summed E-state index contributed by atoms with van der Waals surface area (Å²) in [5.74, 6) is -2.29. The first-order chi connectivity index (χ1) is 9.40. The number of rotatable bonds is 6. The zero-order chi connectivity index (χ0) is 14.9. The summed E-state index contributed by atoms with van der Waals surface area (Å²) in [6, 6.07) is 3.43. The van der Waals surface area contributed by atoms with Crippen LogP contribution in [0, 0.1) is 16.0 Å². The van der Waals surface area contributed by atoms with Crippen LogP contribution in [-0.4, -0.2) is 28.0 Å². The van der Waals surface area contributed by atoms with E-state index in [1.165, 1.54) is 12.1 Å². The monoisotopic (exact) mass is 280 g/mol. The molecule has 0 saturated heterocycles. The van der Waals surface area contributed by atoms with E-state index in [9.17, 15) is 19.7 Å². The highest BCUT2D eigenvalue weighted by Crippen LogP contribution is 2.37. The standard InChI is InChI=1S/C12H12N2O6/c13-11(15)7-3-4-9(8(5-7)14(18)19)20-10(12(16)17)6-1-2-6/h3-6,10H,1-2H2,(H2,13,15)(H,16,17). The molecule has 1 aromatic rings. The number of primary amides is 1. The maximum absolute atomic E-state index is 11.1. The molecule has 0 bridgehead atoms. The summed E-state index contributed by atoms with van der Waals surface area (Å²) in [6.07, 6.45) is 0.307. The highest BCUT2D eigenvalue weighted by molar-refractivity contribution is 5.93. The Morgan fingerprint density at radius 2 is 2.10 bits per heavy atom. The van der Waals surface area contributed by atoms with E-state index in [1.807, 2.05) is 0 Å². The topological polar surface area (TPSA) is 133 Å². The molecule has 1 aliphatic carbocycles. The fourth-order valence-corrected chi connectivity index (χ4v) is 1.80. The highest BCUT2D eigenvalue weighted by Gasteiger charge is 2.39. The number of ether oxygens (including phenoxy) is 1. The molecule has 1 amide bonds. The zero-order valence-electron chi connectivity index (χ0n) is 10.3. The normalized spacial score (nSPS) is 15.4. The molecule has 0 aliphatic heterocycles. The van der Waals surface area contributed by atoms with E-state index in [4.69, 9.17) is 15.6 Å². The molecular weight excluding hydrogens is 268 g/mol. The molecule has 0 heterocycles. The Kier molecular flexibility index (Phi) is 3.55. The molecule has 0 aromatic heterocycles. The minimum absolute atomic E-state index is 0.0395. The first-order valence-corrected chi connectivity index (χ1v) is 5.88. The van der Waals surface area contributed by atoms with Crippen LogP contribution in [0.3, 0.4) is 0 Å². The van der Waals surface area contributed by atoms with Crippen LogP contribution in [0.25, 0.3) is 0 Å². The second-order valence-electron chi connectivity index (χ2n) is 4.52. The van der Waals surface area contributed by atoms with Crippen molar-refractivity contribution in [2.75, 3.05) is 0 Å². The summed E-state index contributed by atoms with van der Waals surface area (Å²) in [4.78, 5) is 32.3. The highest BCUT2D eigenvalue weighted by atomic mass is 16.6. The minimum Gasteiger partial charge on any atom is -0.478 e. The van der Waals surface area contributed by atoms with Gasteiger partial charge in [-0.1, -0.05) is 0 Å². The maximum atomic E-state index is 11.1. The van der Waals surface area contributed by atoms with Gasteiger partial charge in [0.1, 0.15) is 0 Å². The van der Waals surface area contributed by atoms with Gasteiger partial charge in [0.15, 0.2) is 11.9 Å². The van der Waals surface area contributed by atoms with Gasteiger partial charge in [-0.15, -0.1) is 0 Å². The number of aliphatic carboxylic acids is 1. The van der Waals surface area contributed by atoms with E-state index in [1.54, 1.807) is 0 Å². The number of carbonyl (C=O) groups excluding carboxylic acids is 1. The van der Waals surface area contributed by atoms with Gasteiger partial charge in [0, 0.05) is 17.5 Å². The molecule has 1 saturated carbocycles. The predicted molar refractivity (Wildman–Crippen MR) is 66.4 cm³/mol. The van der Waals surface area contributed by atoms with Gasteiger partial charge in [0.25, 0.3) is 0 Å². The number of hydrogen-bond acceptors (Lipinski definition) is 5. The van der Waals surface area contributed by atoms with Crippen LogP contribution in [-0.2, 0) is 4.79 Å². The van der Waals surface area contributed by atoms with Gasteiger partial charge in [0.05, 0.1) is 4.92 Å². The molecule has 2 rings (SSSR count). The lowest BCUT2D eigenvalue weighted by atomic mass is 10.1. The van der Waals surface area contributed by atoms with Gasteiger partial charge >= 0.3 is 11.7 Å². The number of carboxylic acids is 1. The molecular formula is C12H12N2O6. The Labute approximate surface area is 113 Å². The average Bonchev–Trinajstić information content (AvgIpc) is 3.19. The van der Waals surface area contributed by atoms with Gasteiger partial charge in [-0.25, -0.2) is 4.79 Å². The number of nitrogens with two attached hydrogens (primary N) is 1. The Bertz CT molecular complexity index is 581. The zero-order valence-corrected chi connectivity index (χ0v) is 10.3. The number of nitro groups is 1. The lowest BCUT2D eigenvalue weighted by Gasteiger charge is -2.14. The first kappa shape index (κ1) is 13.8. The molecule has 20 heavy (non-hydrogen) atoms. The lowest BCUT2D eigenvalue weighted by Crippen LogP contribution is -2.29. The second kappa shape index (κ2) is 5.16. The van der Waals surface area contributed by atoms with Crippen LogP contribution >= 0.6 is 0 Å². The second-order valence-corrected chi connectivity index (χ2v) is 4.52. The third kappa shape index (κ3) is 2.85. The maximum Gasteiger partial charge on any atom is 0.345 e. The molecule has 1 atom stereocenters. The van der Waals surface area contributed by atoms with Gasteiger partial charge in [-0.2, -0.15) is 0 Å². The van der Waals surface area contributed by atoms with Crippen LogP contribution in [0.5, 0.6) is 5.75 Å². The Hall–Kier alpha value is -2.64. The molecule has 3 N–H and O–H groups in total. The molecule has 0 spiro atoms. The molecule has 8 nitrogen and oxygen atoms in total. The van der Waals surface area contributed by atoms with E-state index < -0.39 is 28.6 Å². The van der Waals surface area contributed by atoms with Gasteiger partial charge in [-0.3, -0.25) is 14.9 Å². The van der Waals surface area contributed by atoms with Crippen LogP contribution in [0.4, 0.5) is 5.69 Å². The Balaban J connectivity index is 2.32.